The van der Waals surface area contributed by atoms with Gasteiger partial charge in [0.15, 0.2) is 0 Å². The van der Waals surface area contributed by atoms with Gasteiger partial charge >= 0.3 is 5.69 Å². The van der Waals surface area contributed by atoms with Crippen LogP contribution in [0.1, 0.15) is 113 Å². The van der Waals surface area contributed by atoms with Gasteiger partial charge in [-0.15, -0.1) is 0 Å². The van der Waals surface area contributed by atoms with Crippen LogP contribution in [0.3, 0.4) is 0 Å². The van der Waals surface area contributed by atoms with Crippen LogP contribution in [-0.2, 0) is 14.8 Å². The quantitative estimate of drug-likeness (QED) is 0.0751. The molecule has 4 aliphatic rings. The SMILES string of the molecule is CC(C)c1ccccc1[C@@H]1COCCN1C1CC2(CCN(c3ccc(C(=O)NS(=O)(=O)c4cnc(NCC5CCC(C)(C)CC5)c([N+](=O)[O-])c4)c(Oc4cnc5[nH]cc(Cl)c5c4)c3)CC2)C1. The number of morpholine rings is 1. The molecule has 66 heavy (non-hydrogen) atoms. The summed E-state index contributed by atoms with van der Waals surface area (Å²) in [6.07, 6.45) is 12.5. The van der Waals surface area contributed by atoms with Gasteiger partial charge in [0.05, 0.1) is 47.2 Å². The lowest BCUT2D eigenvalue weighted by atomic mass is 9.59. The summed E-state index contributed by atoms with van der Waals surface area (Å²) in [5.74, 6) is 0.133. The van der Waals surface area contributed by atoms with E-state index in [1.165, 1.54) is 17.3 Å². The second-order valence-corrected chi connectivity index (χ2v) is 22.0. The molecule has 1 spiro atoms. The van der Waals surface area contributed by atoms with E-state index >= 15 is 0 Å². The fourth-order valence-corrected chi connectivity index (χ4v) is 11.7. The van der Waals surface area contributed by atoms with Crippen molar-refractivity contribution >= 4 is 55.8 Å². The summed E-state index contributed by atoms with van der Waals surface area (Å²) in [5, 5.41) is 16.3. The Morgan fingerprint density at radius 1 is 1.03 bits per heavy atom. The summed E-state index contributed by atoms with van der Waals surface area (Å²) in [4.78, 5) is 41.5. The van der Waals surface area contributed by atoms with E-state index < -0.39 is 31.4 Å². The van der Waals surface area contributed by atoms with Crippen LogP contribution in [0.15, 0.2) is 78.1 Å². The molecule has 0 bridgehead atoms. The maximum atomic E-state index is 14.0. The smallest absolute Gasteiger partial charge is 0.312 e. The molecule has 350 valence electrons. The maximum absolute atomic E-state index is 14.0. The number of sulfonamides is 1. The molecule has 5 aromatic rings. The molecular weight excluding hydrogens is 880 g/mol. The molecule has 2 saturated heterocycles. The van der Waals surface area contributed by atoms with E-state index in [1.807, 2.05) is 0 Å². The highest BCUT2D eigenvalue weighted by Crippen LogP contribution is 2.53. The van der Waals surface area contributed by atoms with Crippen molar-refractivity contribution in [3.63, 3.8) is 0 Å². The Morgan fingerprint density at radius 2 is 1.79 bits per heavy atom. The molecular formula is C49H59ClN8O7S. The number of anilines is 2. The van der Waals surface area contributed by atoms with Crippen LogP contribution in [0.4, 0.5) is 17.2 Å². The summed E-state index contributed by atoms with van der Waals surface area (Å²) in [7, 11) is -4.63. The molecule has 17 heteroatoms. The Balaban J connectivity index is 0.907. The van der Waals surface area contributed by atoms with Crippen molar-refractivity contribution in [1.29, 1.82) is 0 Å². The molecule has 2 aliphatic heterocycles. The fourth-order valence-electron chi connectivity index (χ4n) is 10.6. The number of nitrogens with one attached hydrogen (secondary N) is 3. The number of hydrogen-bond donors (Lipinski definition) is 3. The number of H-pyrrole nitrogens is 1. The van der Waals surface area contributed by atoms with E-state index in [9.17, 15) is 23.3 Å². The van der Waals surface area contributed by atoms with Gasteiger partial charge in [0.2, 0.25) is 5.82 Å². The number of nitro groups is 1. The monoisotopic (exact) mass is 938 g/mol. The summed E-state index contributed by atoms with van der Waals surface area (Å²) >= 11 is 6.41. The summed E-state index contributed by atoms with van der Waals surface area (Å²) in [5.41, 5.74) is 4.09. The third-order valence-electron chi connectivity index (χ3n) is 14.6. The zero-order valence-corrected chi connectivity index (χ0v) is 39.6. The van der Waals surface area contributed by atoms with Crippen molar-refractivity contribution < 1.29 is 27.6 Å². The van der Waals surface area contributed by atoms with Crippen molar-refractivity contribution in [3.05, 3.63) is 105 Å². The van der Waals surface area contributed by atoms with Gasteiger partial charge in [-0.25, -0.2) is 23.1 Å². The van der Waals surface area contributed by atoms with E-state index in [1.54, 1.807) is 30.5 Å². The number of piperidine rings is 1. The number of halogens is 1. The molecule has 2 aliphatic carbocycles. The molecule has 1 amide bonds. The number of hydrogen-bond acceptors (Lipinski definition) is 12. The van der Waals surface area contributed by atoms with Gasteiger partial charge in [-0.3, -0.25) is 19.8 Å². The van der Waals surface area contributed by atoms with Crippen LogP contribution in [0.2, 0.25) is 5.02 Å². The second-order valence-electron chi connectivity index (χ2n) is 19.9. The lowest BCUT2D eigenvalue weighted by molar-refractivity contribution is -0.384. The Labute approximate surface area is 391 Å². The first-order valence-corrected chi connectivity index (χ1v) is 25.0. The number of amides is 1. The van der Waals surface area contributed by atoms with Gasteiger partial charge in [-0.1, -0.05) is 63.6 Å². The molecule has 0 radical (unpaired) electrons. The van der Waals surface area contributed by atoms with E-state index in [4.69, 9.17) is 21.1 Å². The van der Waals surface area contributed by atoms with Gasteiger partial charge < -0.3 is 24.7 Å². The van der Waals surface area contributed by atoms with Crippen LogP contribution in [0.5, 0.6) is 11.5 Å². The lowest BCUT2D eigenvalue weighted by Crippen LogP contribution is -2.58. The maximum Gasteiger partial charge on any atom is 0.312 e. The lowest BCUT2D eigenvalue weighted by Gasteiger charge is -2.57. The summed E-state index contributed by atoms with van der Waals surface area (Å²) in [6.45, 7) is 13.4. The van der Waals surface area contributed by atoms with Gasteiger partial charge in [0, 0.05) is 61.6 Å². The zero-order valence-electron chi connectivity index (χ0n) is 38.0. The van der Waals surface area contributed by atoms with Crippen LogP contribution in [-0.4, -0.2) is 84.5 Å². The molecule has 1 atom stereocenters. The Bertz CT molecular complexity index is 2720. The number of aromatic nitrogens is 3. The first-order valence-electron chi connectivity index (χ1n) is 23.1. The van der Waals surface area contributed by atoms with Gasteiger partial charge in [-0.2, -0.15) is 0 Å². The van der Waals surface area contributed by atoms with Crippen molar-refractivity contribution in [2.75, 3.05) is 49.6 Å². The molecule has 4 fully saturated rings. The topological polar surface area (TPSA) is 185 Å². The minimum Gasteiger partial charge on any atom is -0.455 e. The number of carbonyl (C=O) groups is 1. The predicted octanol–water partition coefficient (Wildman–Crippen LogP) is 10.0. The molecule has 3 N–H and O–H groups in total. The summed E-state index contributed by atoms with van der Waals surface area (Å²) in [6, 6.07) is 17.2. The number of ether oxygens (including phenoxy) is 2. The molecule has 3 aromatic heterocycles. The minimum atomic E-state index is -4.63. The number of rotatable bonds is 13. The first kappa shape index (κ1) is 45.8. The highest BCUT2D eigenvalue weighted by molar-refractivity contribution is 7.90. The standard InChI is InChI=1S/C49H59ClN8O7S/c1-31(2)37-7-5-6-8-38(37)43-30-64-20-19-57(43)34-24-49(25-34)15-17-56(18-16-49)33-9-10-39(44(21-33)65-35-22-40-41(50)29-54-45(40)52-27-35)47(59)55-66(62,63)36-23-42(58(60)61)46(53-28-36)51-26-32-11-13-48(3,4)14-12-32/h5-10,21-23,27-29,31-32,34,43H,11-20,24-26,30H2,1-4H3,(H,51,53)(H,52,54)(H,55,59)/t43-/m0/s1. The number of pyridine rings is 2. The number of nitrogens with zero attached hydrogens (tertiary/aromatic N) is 5. The largest absolute Gasteiger partial charge is 0.455 e. The number of fused-ring (bicyclic) bond motifs is 1. The predicted molar refractivity (Wildman–Crippen MR) is 255 cm³/mol. The van der Waals surface area contributed by atoms with Gasteiger partial charge in [-0.05, 0) is 103 Å². The zero-order chi connectivity index (χ0) is 46.4. The molecule has 2 aromatic carbocycles. The molecule has 5 heterocycles. The van der Waals surface area contributed by atoms with E-state index in [-0.39, 0.29) is 39.8 Å². The average Bonchev–Trinajstić information content (AvgIpc) is 3.66. The molecule has 0 unspecified atom stereocenters. The van der Waals surface area contributed by atoms with Crippen LogP contribution in [0, 0.1) is 26.9 Å². The van der Waals surface area contributed by atoms with Crippen molar-refractivity contribution in [3.8, 4) is 11.5 Å². The second kappa shape index (κ2) is 18.4. The van der Waals surface area contributed by atoms with Gasteiger partial charge in [0.25, 0.3) is 15.9 Å². The van der Waals surface area contributed by atoms with Gasteiger partial charge in [0.1, 0.15) is 22.0 Å². The van der Waals surface area contributed by atoms with E-state index in [2.05, 4.69) is 86.8 Å². The minimum absolute atomic E-state index is 0.0238. The Hall–Kier alpha value is -5.29. The van der Waals surface area contributed by atoms with E-state index in [0.717, 1.165) is 95.6 Å². The molecule has 9 rings (SSSR count). The highest BCUT2D eigenvalue weighted by atomic mass is 35.5. The molecule has 15 nitrogen and oxygen atoms in total. The first-order chi connectivity index (χ1) is 31.6. The third-order valence-corrected chi connectivity index (χ3v) is 16.2. The van der Waals surface area contributed by atoms with E-state index in [0.29, 0.717) is 47.1 Å². The fraction of sp³-hybridized carbons (Fsp3) is 0.490. The average molecular weight is 940 g/mol. The normalized spacial score (nSPS) is 20.3. The number of aromatic amines is 1. The van der Waals surface area contributed by atoms with Crippen LogP contribution >= 0.6 is 11.6 Å². The van der Waals surface area contributed by atoms with Crippen LogP contribution < -0.4 is 19.7 Å². The Morgan fingerprint density at radius 3 is 2.53 bits per heavy atom. The van der Waals surface area contributed by atoms with Crippen molar-refractivity contribution in [2.45, 2.75) is 102 Å². The third kappa shape index (κ3) is 9.60. The van der Waals surface area contributed by atoms with Crippen molar-refractivity contribution in [1.82, 2.24) is 24.6 Å². The Kier molecular flexibility index (Phi) is 12.8. The summed E-state index contributed by atoms with van der Waals surface area (Å²) < 4.78 is 42.0. The van der Waals surface area contributed by atoms with Crippen molar-refractivity contribution in [2.24, 2.45) is 16.7 Å². The number of benzene rings is 2. The molecule has 2 saturated carbocycles. The highest BCUT2D eigenvalue weighted by Gasteiger charge is 2.50. The van der Waals surface area contributed by atoms with Crippen LogP contribution in [0.25, 0.3) is 11.0 Å². The number of carbonyl (C=O) groups excluding carboxylic acids is 1.